The highest BCUT2D eigenvalue weighted by atomic mass is 35.5. The summed E-state index contributed by atoms with van der Waals surface area (Å²) in [5.41, 5.74) is 0.695. The number of nitrogens with zero attached hydrogens (tertiary/aromatic N) is 2. The van der Waals surface area contributed by atoms with E-state index in [2.05, 4.69) is 4.98 Å². The minimum absolute atomic E-state index is 0.0992. The zero-order chi connectivity index (χ0) is 19.9. The van der Waals surface area contributed by atoms with Crippen LogP contribution >= 0.6 is 11.6 Å². The molecule has 3 aromatic rings. The number of carboxylic acid groups (broad SMARTS) is 1. The molecule has 146 valence electrons. The van der Waals surface area contributed by atoms with Crippen molar-refractivity contribution in [2.75, 3.05) is 0 Å². The van der Waals surface area contributed by atoms with Crippen molar-refractivity contribution in [3.8, 4) is 11.4 Å². The molecule has 1 heterocycles. The maximum atomic E-state index is 14.1. The van der Waals surface area contributed by atoms with Crippen LogP contribution in [-0.2, 0) is 10.3 Å². The molecule has 28 heavy (non-hydrogen) atoms. The van der Waals surface area contributed by atoms with Crippen LogP contribution in [0.25, 0.3) is 22.4 Å². The first kappa shape index (κ1) is 18.9. The van der Waals surface area contributed by atoms with E-state index in [-0.39, 0.29) is 6.42 Å². The fourth-order valence-electron chi connectivity index (χ4n) is 4.32. The molecule has 2 aromatic carbocycles. The number of carboxylic acids is 1. The van der Waals surface area contributed by atoms with Crippen molar-refractivity contribution in [1.29, 1.82) is 0 Å². The third-order valence-corrected chi connectivity index (χ3v) is 5.79. The minimum Gasteiger partial charge on any atom is -0.481 e. The molecule has 1 aromatic heterocycles. The highest BCUT2D eigenvalue weighted by molar-refractivity contribution is 6.30. The van der Waals surface area contributed by atoms with Crippen LogP contribution in [0.15, 0.2) is 36.4 Å². The number of rotatable bonds is 4. The minimum atomic E-state index is -0.976. The van der Waals surface area contributed by atoms with Crippen LogP contribution in [-0.4, -0.2) is 20.6 Å². The van der Waals surface area contributed by atoms with Gasteiger partial charge in [0.1, 0.15) is 5.82 Å². The summed E-state index contributed by atoms with van der Waals surface area (Å²) in [5, 5.41) is 10.2. The average Bonchev–Trinajstić information content (AvgIpc) is 3.01. The second-order valence-electron chi connectivity index (χ2n) is 7.39. The molecule has 0 aliphatic heterocycles. The molecule has 0 unspecified atom stereocenters. The number of halogens is 3. The summed E-state index contributed by atoms with van der Waals surface area (Å²) < 4.78 is 29.8. The van der Waals surface area contributed by atoms with E-state index >= 15 is 0 Å². The number of imidazole rings is 1. The SMILES string of the molecule is O=C(O)CC1(n2c(-c3ccc(Cl)cc3)nc3cc(F)c(F)cc32)CCCCC1. The number of hydrogen-bond acceptors (Lipinski definition) is 2. The Balaban J connectivity index is 2.03. The Morgan fingerprint density at radius 1 is 1.11 bits per heavy atom. The van der Waals surface area contributed by atoms with Gasteiger partial charge in [0, 0.05) is 22.7 Å². The van der Waals surface area contributed by atoms with Crippen molar-refractivity contribution >= 4 is 28.6 Å². The number of carbonyl (C=O) groups is 1. The first-order valence-electron chi connectivity index (χ1n) is 9.25. The zero-order valence-electron chi connectivity index (χ0n) is 15.1. The predicted octanol–water partition coefficient (Wildman–Crippen LogP) is 5.77. The standard InChI is InChI=1S/C21H19ClF2N2O2/c22-14-6-4-13(5-7-14)20-25-17-10-15(23)16(24)11-18(17)26(20)21(12-19(27)28)8-2-1-3-9-21/h4-7,10-11H,1-3,8-9,12H2,(H,27,28). The summed E-state index contributed by atoms with van der Waals surface area (Å²) in [6.07, 6.45) is 3.95. The second kappa shape index (κ2) is 7.17. The maximum Gasteiger partial charge on any atom is 0.305 e. The summed E-state index contributed by atoms with van der Waals surface area (Å²) in [6, 6.07) is 9.18. The number of aliphatic carboxylic acids is 1. The Kier molecular flexibility index (Phi) is 4.83. The van der Waals surface area contributed by atoms with E-state index in [1.807, 2.05) is 4.57 Å². The van der Waals surface area contributed by atoms with Gasteiger partial charge < -0.3 is 9.67 Å². The van der Waals surface area contributed by atoms with Gasteiger partial charge in [-0.1, -0.05) is 30.9 Å². The van der Waals surface area contributed by atoms with Gasteiger partial charge >= 0.3 is 5.97 Å². The largest absolute Gasteiger partial charge is 0.481 e. The van der Waals surface area contributed by atoms with Crippen LogP contribution < -0.4 is 0 Å². The third kappa shape index (κ3) is 3.26. The Bertz CT molecular complexity index is 1040. The summed E-state index contributed by atoms with van der Waals surface area (Å²) in [6.45, 7) is 0. The molecule has 4 nitrogen and oxygen atoms in total. The van der Waals surface area contributed by atoms with Crippen molar-refractivity contribution in [3.05, 3.63) is 53.1 Å². The molecule has 1 aliphatic carbocycles. The van der Waals surface area contributed by atoms with Crippen molar-refractivity contribution in [3.63, 3.8) is 0 Å². The second-order valence-corrected chi connectivity index (χ2v) is 7.82. The third-order valence-electron chi connectivity index (χ3n) is 5.54. The average molecular weight is 405 g/mol. The van der Waals surface area contributed by atoms with E-state index in [1.165, 1.54) is 0 Å². The van der Waals surface area contributed by atoms with E-state index in [0.717, 1.165) is 37.0 Å². The van der Waals surface area contributed by atoms with E-state index in [0.29, 0.717) is 34.7 Å². The van der Waals surface area contributed by atoms with Crippen molar-refractivity contribution in [2.45, 2.75) is 44.1 Å². The van der Waals surface area contributed by atoms with Crippen LogP contribution in [0.4, 0.5) is 8.78 Å². The van der Waals surface area contributed by atoms with Gasteiger partial charge in [-0.15, -0.1) is 0 Å². The van der Waals surface area contributed by atoms with Gasteiger partial charge in [-0.25, -0.2) is 13.8 Å². The lowest BCUT2D eigenvalue weighted by molar-refractivity contribution is -0.139. The molecule has 0 spiro atoms. The Morgan fingerprint density at radius 2 is 1.75 bits per heavy atom. The summed E-state index contributed by atoms with van der Waals surface area (Å²) >= 11 is 6.00. The van der Waals surface area contributed by atoms with Crippen LogP contribution in [0.3, 0.4) is 0 Å². The number of benzene rings is 2. The molecular weight excluding hydrogens is 386 g/mol. The van der Waals surface area contributed by atoms with Crippen LogP contribution in [0.2, 0.25) is 5.02 Å². The molecule has 0 saturated heterocycles. The molecule has 1 fully saturated rings. The Morgan fingerprint density at radius 3 is 2.39 bits per heavy atom. The fourth-order valence-corrected chi connectivity index (χ4v) is 4.44. The monoisotopic (exact) mass is 404 g/mol. The molecule has 7 heteroatoms. The van der Waals surface area contributed by atoms with Gasteiger partial charge in [0.2, 0.25) is 0 Å². The molecule has 1 saturated carbocycles. The van der Waals surface area contributed by atoms with Crippen molar-refractivity contribution in [1.82, 2.24) is 9.55 Å². The van der Waals surface area contributed by atoms with Crippen LogP contribution in [0.5, 0.6) is 0 Å². The summed E-state index contributed by atoms with van der Waals surface area (Å²) in [4.78, 5) is 16.3. The molecular formula is C21H19ClF2N2O2. The van der Waals surface area contributed by atoms with Gasteiger partial charge in [0.25, 0.3) is 0 Å². The molecule has 1 aliphatic rings. The van der Waals surface area contributed by atoms with Gasteiger partial charge in [-0.3, -0.25) is 4.79 Å². The van der Waals surface area contributed by atoms with Gasteiger partial charge in [-0.2, -0.15) is 0 Å². The number of aromatic nitrogens is 2. The summed E-state index contributed by atoms with van der Waals surface area (Å²) in [5.74, 6) is -2.37. The molecule has 0 radical (unpaired) electrons. The Labute approximate surface area is 165 Å². The smallest absolute Gasteiger partial charge is 0.305 e. The highest BCUT2D eigenvalue weighted by Crippen LogP contribution is 2.43. The normalized spacial score (nSPS) is 16.4. The number of hydrogen-bond donors (Lipinski definition) is 1. The highest BCUT2D eigenvalue weighted by Gasteiger charge is 2.39. The van der Waals surface area contributed by atoms with E-state index < -0.39 is 23.1 Å². The zero-order valence-corrected chi connectivity index (χ0v) is 15.8. The van der Waals surface area contributed by atoms with Crippen molar-refractivity contribution in [2.24, 2.45) is 0 Å². The molecule has 0 amide bonds. The van der Waals surface area contributed by atoms with Gasteiger partial charge in [0.05, 0.1) is 23.0 Å². The topological polar surface area (TPSA) is 55.1 Å². The predicted molar refractivity (Wildman–Crippen MR) is 103 cm³/mol. The lowest BCUT2D eigenvalue weighted by Crippen LogP contribution is -2.38. The Hall–Kier alpha value is -2.47. The molecule has 0 bridgehead atoms. The molecule has 0 atom stereocenters. The first-order valence-corrected chi connectivity index (χ1v) is 9.63. The fraction of sp³-hybridized carbons (Fsp3) is 0.333. The summed E-state index contributed by atoms with van der Waals surface area (Å²) in [7, 11) is 0. The maximum absolute atomic E-state index is 14.1. The lowest BCUT2D eigenvalue weighted by atomic mass is 9.78. The first-order chi connectivity index (χ1) is 13.4. The van der Waals surface area contributed by atoms with Crippen LogP contribution in [0, 0.1) is 11.6 Å². The lowest BCUT2D eigenvalue weighted by Gasteiger charge is -2.39. The van der Waals surface area contributed by atoms with E-state index in [4.69, 9.17) is 11.6 Å². The van der Waals surface area contributed by atoms with Crippen molar-refractivity contribution < 1.29 is 18.7 Å². The van der Waals surface area contributed by atoms with E-state index in [1.54, 1.807) is 24.3 Å². The van der Waals surface area contributed by atoms with Gasteiger partial charge in [0.15, 0.2) is 11.6 Å². The quantitative estimate of drug-likeness (QED) is 0.600. The van der Waals surface area contributed by atoms with Crippen LogP contribution in [0.1, 0.15) is 38.5 Å². The number of fused-ring (bicyclic) bond motifs is 1. The molecule has 4 rings (SSSR count). The molecule has 1 N–H and O–H groups in total. The van der Waals surface area contributed by atoms with Gasteiger partial charge in [-0.05, 0) is 37.1 Å². The van der Waals surface area contributed by atoms with E-state index in [9.17, 15) is 18.7 Å².